The highest BCUT2D eigenvalue weighted by Gasteiger charge is 2.15. The number of hydrazine groups is 1. The first kappa shape index (κ1) is 13.7. The molecule has 3 rings (SSSR count). The van der Waals surface area contributed by atoms with Crippen molar-refractivity contribution >= 4 is 10.9 Å². The number of nitrogens with two attached hydrogens (primary N) is 1. The van der Waals surface area contributed by atoms with Crippen molar-refractivity contribution in [2.24, 2.45) is 5.84 Å². The van der Waals surface area contributed by atoms with E-state index in [1.807, 2.05) is 36.4 Å². The molecule has 0 aliphatic heterocycles. The van der Waals surface area contributed by atoms with E-state index in [0.29, 0.717) is 12.0 Å². The van der Waals surface area contributed by atoms with Crippen LogP contribution in [-0.4, -0.2) is 4.98 Å². The number of nitrogens with one attached hydrogen (secondary N) is 1. The molecule has 4 heteroatoms. The van der Waals surface area contributed by atoms with Gasteiger partial charge in [-0.3, -0.25) is 16.3 Å². The molecule has 0 radical (unpaired) electrons. The molecule has 0 fully saturated rings. The van der Waals surface area contributed by atoms with E-state index in [9.17, 15) is 4.39 Å². The molecule has 106 valence electrons. The number of benzene rings is 2. The van der Waals surface area contributed by atoms with Crippen molar-refractivity contribution in [3.8, 4) is 0 Å². The maximum absolute atomic E-state index is 13.9. The first-order valence-corrected chi connectivity index (χ1v) is 6.83. The van der Waals surface area contributed by atoms with Crippen molar-refractivity contribution in [2.75, 3.05) is 0 Å². The van der Waals surface area contributed by atoms with Crippen molar-refractivity contribution in [3.63, 3.8) is 0 Å². The predicted octanol–water partition coefficient (Wildman–Crippen LogP) is 3.12. The lowest BCUT2D eigenvalue weighted by atomic mass is 9.97. The smallest absolute Gasteiger partial charge is 0.128 e. The Morgan fingerprint density at radius 3 is 2.62 bits per heavy atom. The van der Waals surface area contributed by atoms with Gasteiger partial charge in [-0.25, -0.2) is 4.39 Å². The first-order chi connectivity index (χ1) is 10.3. The number of halogens is 1. The molecule has 0 aliphatic carbocycles. The van der Waals surface area contributed by atoms with Gasteiger partial charge in [0, 0.05) is 17.1 Å². The minimum absolute atomic E-state index is 0.251. The Bertz CT molecular complexity index is 752. The number of fused-ring (bicyclic) bond motifs is 1. The van der Waals surface area contributed by atoms with Crippen LogP contribution in [0.25, 0.3) is 10.9 Å². The molecule has 2 aromatic carbocycles. The van der Waals surface area contributed by atoms with Crippen LogP contribution in [0.3, 0.4) is 0 Å². The fourth-order valence-corrected chi connectivity index (χ4v) is 2.57. The Hall–Kier alpha value is -2.30. The van der Waals surface area contributed by atoms with Crippen LogP contribution in [0.2, 0.25) is 0 Å². The third-order valence-corrected chi connectivity index (χ3v) is 3.65. The molecule has 3 aromatic rings. The summed E-state index contributed by atoms with van der Waals surface area (Å²) < 4.78 is 13.9. The number of nitrogens with zero attached hydrogens (tertiary/aromatic N) is 1. The maximum atomic E-state index is 13.9. The number of para-hydroxylation sites is 1. The zero-order chi connectivity index (χ0) is 14.7. The molecule has 0 bridgehead atoms. The predicted molar refractivity (Wildman–Crippen MR) is 81.9 cm³/mol. The first-order valence-electron chi connectivity index (χ1n) is 6.83. The van der Waals surface area contributed by atoms with Crippen LogP contribution in [0.15, 0.2) is 60.8 Å². The molecule has 1 unspecified atom stereocenters. The van der Waals surface area contributed by atoms with Crippen molar-refractivity contribution in [1.29, 1.82) is 0 Å². The third-order valence-electron chi connectivity index (χ3n) is 3.65. The zero-order valence-corrected chi connectivity index (χ0v) is 11.5. The minimum atomic E-state index is -0.281. The largest absolute Gasteiger partial charge is 0.271 e. The second kappa shape index (κ2) is 5.99. The summed E-state index contributed by atoms with van der Waals surface area (Å²) in [5.41, 5.74) is 5.30. The third kappa shape index (κ3) is 2.77. The second-order valence-corrected chi connectivity index (χ2v) is 4.93. The minimum Gasteiger partial charge on any atom is -0.271 e. The van der Waals surface area contributed by atoms with E-state index in [-0.39, 0.29) is 11.9 Å². The Balaban J connectivity index is 1.98. The summed E-state index contributed by atoms with van der Waals surface area (Å²) in [4.78, 5) is 4.34. The molecule has 1 atom stereocenters. The SMILES string of the molecule is NNC(Cc1ccnc2ccccc12)c1ccccc1F. The summed E-state index contributed by atoms with van der Waals surface area (Å²) in [5.74, 6) is 5.38. The van der Waals surface area contributed by atoms with E-state index in [1.54, 1.807) is 18.3 Å². The van der Waals surface area contributed by atoms with E-state index in [4.69, 9.17) is 5.84 Å². The van der Waals surface area contributed by atoms with Gasteiger partial charge in [-0.1, -0.05) is 36.4 Å². The summed E-state index contributed by atoms with van der Waals surface area (Å²) in [5, 5.41) is 1.07. The van der Waals surface area contributed by atoms with Crippen molar-refractivity contribution < 1.29 is 4.39 Å². The second-order valence-electron chi connectivity index (χ2n) is 4.93. The topological polar surface area (TPSA) is 50.9 Å². The Labute approximate surface area is 122 Å². The van der Waals surface area contributed by atoms with Crippen LogP contribution in [-0.2, 0) is 6.42 Å². The van der Waals surface area contributed by atoms with Crippen LogP contribution < -0.4 is 11.3 Å². The average Bonchev–Trinajstić information content (AvgIpc) is 2.53. The van der Waals surface area contributed by atoms with E-state index in [1.165, 1.54) is 6.07 Å². The molecule has 1 aromatic heterocycles. The van der Waals surface area contributed by atoms with Gasteiger partial charge in [-0.2, -0.15) is 0 Å². The Kier molecular flexibility index (Phi) is 3.90. The maximum Gasteiger partial charge on any atom is 0.128 e. The van der Waals surface area contributed by atoms with E-state index in [0.717, 1.165) is 16.5 Å². The van der Waals surface area contributed by atoms with Gasteiger partial charge in [0.1, 0.15) is 5.82 Å². The zero-order valence-electron chi connectivity index (χ0n) is 11.5. The van der Waals surface area contributed by atoms with Gasteiger partial charge in [0.25, 0.3) is 0 Å². The molecule has 21 heavy (non-hydrogen) atoms. The van der Waals surface area contributed by atoms with Crippen molar-refractivity contribution in [1.82, 2.24) is 10.4 Å². The standard InChI is InChI=1S/C17H16FN3/c18-15-7-3-1-6-14(15)17(21-19)11-12-9-10-20-16-8-4-2-5-13(12)16/h1-10,17,21H,11,19H2. The van der Waals surface area contributed by atoms with Gasteiger partial charge < -0.3 is 0 Å². The fraction of sp³-hybridized carbons (Fsp3) is 0.118. The molecule has 0 amide bonds. The van der Waals surface area contributed by atoms with Gasteiger partial charge >= 0.3 is 0 Å². The molecule has 3 N–H and O–H groups in total. The molecular weight excluding hydrogens is 265 g/mol. The van der Waals surface area contributed by atoms with E-state index >= 15 is 0 Å². The van der Waals surface area contributed by atoms with Crippen LogP contribution in [0.4, 0.5) is 4.39 Å². The highest BCUT2D eigenvalue weighted by Crippen LogP contribution is 2.24. The number of aromatic nitrogens is 1. The highest BCUT2D eigenvalue weighted by molar-refractivity contribution is 5.81. The average molecular weight is 281 g/mol. The lowest BCUT2D eigenvalue weighted by Crippen LogP contribution is -2.30. The summed E-state index contributed by atoms with van der Waals surface area (Å²) >= 11 is 0. The number of hydrogen-bond donors (Lipinski definition) is 2. The van der Waals surface area contributed by atoms with Gasteiger partial charge in [-0.15, -0.1) is 0 Å². The molecule has 0 saturated heterocycles. The lowest BCUT2D eigenvalue weighted by Gasteiger charge is -2.18. The number of rotatable bonds is 4. The summed E-state index contributed by atoms with van der Waals surface area (Å²) in [7, 11) is 0. The van der Waals surface area contributed by atoms with E-state index in [2.05, 4.69) is 10.4 Å². The van der Waals surface area contributed by atoms with Crippen molar-refractivity contribution in [3.05, 3.63) is 77.7 Å². The highest BCUT2D eigenvalue weighted by atomic mass is 19.1. The van der Waals surface area contributed by atoms with Crippen LogP contribution in [0.1, 0.15) is 17.2 Å². The molecule has 0 spiro atoms. The van der Waals surface area contributed by atoms with Crippen LogP contribution in [0, 0.1) is 5.82 Å². The quantitative estimate of drug-likeness (QED) is 0.570. The van der Waals surface area contributed by atoms with E-state index < -0.39 is 0 Å². The molecule has 3 nitrogen and oxygen atoms in total. The Morgan fingerprint density at radius 2 is 1.81 bits per heavy atom. The van der Waals surface area contributed by atoms with Gasteiger partial charge in [0.05, 0.1) is 11.6 Å². The fourth-order valence-electron chi connectivity index (χ4n) is 2.57. The molecule has 0 saturated carbocycles. The van der Waals surface area contributed by atoms with Gasteiger partial charge in [-0.05, 0) is 30.2 Å². The number of pyridine rings is 1. The molecule has 0 aliphatic rings. The van der Waals surface area contributed by atoms with Gasteiger partial charge in [0.15, 0.2) is 0 Å². The summed E-state index contributed by atoms with van der Waals surface area (Å²) in [6, 6.07) is 16.3. The van der Waals surface area contributed by atoms with Crippen LogP contribution in [0.5, 0.6) is 0 Å². The van der Waals surface area contributed by atoms with Gasteiger partial charge in [0.2, 0.25) is 0 Å². The number of hydrogen-bond acceptors (Lipinski definition) is 3. The monoisotopic (exact) mass is 281 g/mol. The normalized spacial score (nSPS) is 12.5. The molecular formula is C17H16FN3. The lowest BCUT2D eigenvalue weighted by molar-refractivity contribution is 0.511. The molecule has 1 heterocycles. The van der Waals surface area contributed by atoms with Crippen LogP contribution >= 0.6 is 0 Å². The summed E-state index contributed by atoms with van der Waals surface area (Å²) in [6.07, 6.45) is 2.37. The Morgan fingerprint density at radius 1 is 1.05 bits per heavy atom. The summed E-state index contributed by atoms with van der Waals surface area (Å²) in [6.45, 7) is 0. The van der Waals surface area contributed by atoms with Crippen molar-refractivity contribution in [2.45, 2.75) is 12.5 Å².